The van der Waals surface area contributed by atoms with Crippen LogP contribution >= 0.6 is 0 Å². The fourth-order valence-corrected chi connectivity index (χ4v) is 2.65. The number of anilines is 2. The summed E-state index contributed by atoms with van der Waals surface area (Å²) in [7, 11) is 3.72. The molecule has 2 aromatic heterocycles. The van der Waals surface area contributed by atoms with Crippen molar-refractivity contribution < 1.29 is 48.6 Å². The van der Waals surface area contributed by atoms with Crippen LogP contribution in [0.2, 0.25) is 0 Å². The van der Waals surface area contributed by atoms with E-state index >= 15 is 0 Å². The minimum absolute atomic E-state index is 0. The second kappa shape index (κ2) is 10.5. The third-order valence-corrected chi connectivity index (χ3v) is 3.88. The van der Waals surface area contributed by atoms with Crippen molar-refractivity contribution in [1.82, 2.24) is 9.13 Å². The number of benzene rings is 1. The van der Waals surface area contributed by atoms with Crippen LogP contribution in [0.25, 0.3) is 0 Å². The van der Waals surface area contributed by atoms with E-state index in [1.165, 1.54) is 0 Å². The summed E-state index contributed by atoms with van der Waals surface area (Å²) in [5.74, 6) is -0.759. The molecule has 0 aliphatic carbocycles. The predicted octanol–water partition coefficient (Wildman–Crippen LogP) is -6.07. The van der Waals surface area contributed by atoms with Crippen LogP contribution in [-0.4, -0.2) is 26.1 Å². The summed E-state index contributed by atoms with van der Waals surface area (Å²) in [5, 5.41) is 15.7. The second-order valence-corrected chi connectivity index (χ2v) is 6.30. The van der Waals surface area contributed by atoms with Crippen molar-refractivity contribution in [2.45, 2.75) is 13.1 Å². The van der Waals surface area contributed by atoms with Crippen molar-refractivity contribution in [2.75, 3.05) is 10.6 Å². The fourth-order valence-electron chi connectivity index (χ4n) is 2.65. The van der Waals surface area contributed by atoms with E-state index in [1.807, 2.05) is 35.6 Å². The van der Waals surface area contributed by atoms with Gasteiger partial charge in [0.25, 0.3) is 11.8 Å². The van der Waals surface area contributed by atoms with Gasteiger partial charge in [0.1, 0.15) is 24.8 Å². The minimum atomic E-state index is -0.287. The molecule has 0 unspecified atom stereocenters. The summed E-state index contributed by atoms with van der Waals surface area (Å²) in [6, 6.07) is 4.80. The molecule has 9 nitrogen and oxygen atoms in total. The average molecular weight is 441 g/mol. The van der Waals surface area contributed by atoms with Gasteiger partial charge in [-0.15, -0.1) is 0 Å². The highest BCUT2D eigenvalue weighted by atomic mass is 35.5. The number of aryl methyl sites for hydroxylation is 2. The van der Waals surface area contributed by atoms with Crippen molar-refractivity contribution in [1.29, 1.82) is 0 Å². The molecule has 0 spiro atoms. The van der Waals surface area contributed by atoms with Gasteiger partial charge >= 0.3 is 0 Å². The highest BCUT2D eigenvalue weighted by Gasteiger charge is 2.15. The van der Waals surface area contributed by atoms with E-state index in [1.54, 1.807) is 52.4 Å². The molecule has 3 aromatic rings. The van der Waals surface area contributed by atoms with E-state index in [2.05, 4.69) is 10.6 Å². The summed E-state index contributed by atoms with van der Waals surface area (Å²) < 4.78 is 7.08. The Morgan fingerprint density at radius 3 is 1.66 bits per heavy atom. The van der Waals surface area contributed by atoms with Crippen molar-refractivity contribution in [2.24, 2.45) is 14.1 Å². The molecule has 2 amide bonds. The maximum Gasteiger partial charge on any atom is 0.266 e. The third kappa shape index (κ3) is 6.51. The van der Waals surface area contributed by atoms with Gasteiger partial charge in [0.05, 0.1) is 25.5 Å². The SMILES string of the molecule is C[n+]1ccn(CC(=O)Nc2cccc(NC(=O)Cn3cc[n+](C)c3)c2O)c1.[Cl-].[Cl-]. The van der Waals surface area contributed by atoms with Crippen LogP contribution in [0.1, 0.15) is 0 Å². The minimum Gasteiger partial charge on any atom is -1.00 e. The molecule has 0 aliphatic heterocycles. The molecule has 0 saturated heterocycles. The number of phenols is 1. The number of imidazole rings is 2. The van der Waals surface area contributed by atoms with Crippen molar-refractivity contribution in [3.05, 3.63) is 55.6 Å². The van der Waals surface area contributed by atoms with Gasteiger partial charge in [-0.1, -0.05) is 6.07 Å². The molecule has 0 radical (unpaired) electrons. The zero-order chi connectivity index (χ0) is 19.4. The Kier molecular flexibility index (Phi) is 8.68. The predicted molar refractivity (Wildman–Crippen MR) is 96.6 cm³/mol. The number of nitrogens with zero attached hydrogens (tertiary/aromatic N) is 4. The lowest BCUT2D eigenvalue weighted by atomic mass is 10.2. The Hall–Kier alpha value is -3.04. The smallest absolute Gasteiger partial charge is 0.266 e. The number of carbonyl (C=O) groups excluding carboxylic acids is 2. The van der Waals surface area contributed by atoms with Gasteiger partial charge < -0.3 is 40.6 Å². The molecule has 3 N–H and O–H groups in total. The number of amides is 2. The molecule has 1 aromatic carbocycles. The van der Waals surface area contributed by atoms with Gasteiger partial charge in [-0.25, -0.2) is 18.3 Å². The van der Waals surface area contributed by atoms with Gasteiger partial charge in [-0.2, -0.15) is 0 Å². The maximum atomic E-state index is 12.2. The van der Waals surface area contributed by atoms with Gasteiger partial charge in [0, 0.05) is 0 Å². The molecular weight excluding hydrogens is 419 g/mol. The van der Waals surface area contributed by atoms with Crippen LogP contribution in [0.4, 0.5) is 11.4 Å². The quantitative estimate of drug-likeness (QED) is 0.263. The lowest BCUT2D eigenvalue weighted by Crippen LogP contribution is -3.00. The van der Waals surface area contributed by atoms with Crippen LogP contribution < -0.4 is 44.6 Å². The van der Waals surface area contributed by atoms with E-state index < -0.39 is 0 Å². The Balaban J connectivity index is 0.00000210. The normalized spacial score (nSPS) is 9.86. The van der Waals surface area contributed by atoms with Crippen molar-refractivity contribution in [3.8, 4) is 5.75 Å². The number of carbonyl (C=O) groups is 2. The van der Waals surface area contributed by atoms with Gasteiger partial charge in [0.15, 0.2) is 18.8 Å². The van der Waals surface area contributed by atoms with E-state index in [9.17, 15) is 14.7 Å². The number of aromatic hydroxyl groups is 1. The summed E-state index contributed by atoms with van der Waals surface area (Å²) in [6.07, 6.45) is 10.8. The zero-order valence-corrected chi connectivity index (χ0v) is 17.4. The van der Waals surface area contributed by atoms with Gasteiger partial charge in [-0.3, -0.25) is 9.59 Å². The molecule has 29 heavy (non-hydrogen) atoms. The number of halogens is 2. The molecule has 0 bridgehead atoms. The molecule has 0 aliphatic rings. The van der Waals surface area contributed by atoms with E-state index in [0.29, 0.717) is 0 Å². The summed E-state index contributed by atoms with van der Waals surface area (Å²) in [6.45, 7) is 0.225. The molecule has 0 atom stereocenters. The molecule has 156 valence electrons. The lowest BCUT2D eigenvalue weighted by molar-refractivity contribution is -0.671. The first-order chi connectivity index (χ1) is 12.9. The highest BCUT2D eigenvalue weighted by molar-refractivity contribution is 5.97. The Morgan fingerprint density at radius 2 is 1.31 bits per heavy atom. The summed E-state index contributed by atoms with van der Waals surface area (Å²) in [5.41, 5.74) is 0.475. The topological polar surface area (TPSA) is 96.0 Å². The average Bonchev–Trinajstić information content (AvgIpc) is 3.19. The Bertz CT molecular complexity index is 911. The number of para-hydroxylation sites is 1. The standard InChI is InChI=1S/C18H20N6O3.2ClH/c1-21-6-8-23(12-21)10-16(25)19-14-4-3-5-15(18(14)27)20-17(26)11-24-9-7-22(2)13-24;;/h3-9,12-13H,10-11H2,1-2H3,(H-2,19,20,25,26,27);2*1H. The number of hydrogen-bond acceptors (Lipinski definition) is 3. The van der Waals surface area contributed by atoms with Crippen LogP contribution in [0, 0.1) is 0 Å². The summed E-state index contributed by atoms with van der Waals surface area (Å²) in [4.78, 5) is 24.4. The Morgan fingerprint density at radius 1 is 0.897 bits per heavy atom. The molecule has 3 rings (SSSR count). The maximum absolute atomic E-state index is 12.2. The number of phenolic OH excluding ortho intramolecular Hbond substituents is 1. The molecule has 2 heterocycles. The fraction of sp³-hybridized carbons (Fsp3) is 0.222. The first-order valence-corrected chi connectivity index (χ1v) is 8.34. The number of aromatic nitrogens is 4. The molecule has 11 heteroatoms. The first kappa shape index (κ1) is 24.0. The number of rotatable bonds is 6. The van der Waals surface area contributed by atoms with E-state index in [-0.39, 0.29) is 66.8 Å². The Labute approximate surface area is 180 Å². The number of nitrogens with one attached hydrogen (secondary N) is 2. The molecular formula is C18H22Cl2N6O3. The van der Waals surface area contributed by atoms with Crippen LogP contribution in [0.15, 0.2) is 55.6 Å². The van der Waals surface area contributed by atoms with Crippen molar-refractivity contribution >= 4 is 23.2 Å². The largest absolute Gasteiger partial charge is 1.00 e. The van der Waals surface area contributed by atoms with Crippen LogP contribution in [-0.2, 0) is 36.8 Å². The van der Waals surface area contributed by atoms with Crippen LogP contribution in [0.3, 0.4) is 0 Å². The van der Waals surface area contributed by atoms with Gasteiger partial charge in [0.2, 0.25) is 12.7 Å². The zero-order valence-electron chi connectivity index (χ0n) is 15.9. The number of hydrogen-bond donors (Lipinski definition) is 3. The summed E-state index contributed by atoms with van der Waals surface area (Å²) >= 11 is 0. The van der Waals surface area contributed by atoms with Crippen LogP contribution in [0.5, 0.6) is 5.75 Å². The first-order valence-electron chi connectivity index (χ1n) is 8.34. The third-order valence-electron chi connectivity index (χ3n) is 3.88. The monoisotopic (exact) mass is 440 g/mol. The van der Waals surface area contributed by atoms with Crippen molar-refractivity contribution in [3.63, 3.8) is 0 Å². The lowest BCUT2D eigenvalue weighted by Gasteiger charge is -2.11. The van der Waals surface area contributed by atoms with Gasteiger partial charge in [-0.05, 0) is 12.1 Å². The molecule has 0 fully saturated rings. The molecule has 0 saturated carbocycles. The van der Waals surface area contributed by atoms with E-state index in [4.69, 9.17) is 0 Å². The highest BCUT2D eigenvalue weighted by Crippen LogP contribution is 2.31. The van der Waals surface area contributed by atoms with E-state index in [0.717, 1.165) is 0 Å². The second-order valence-electron chi connectivity index (χ2n) is 6.30.